The SMILES string of the molecule is Cn1nc(C(=O)N2CCCC2c2ccco2)ccc1=O. The predicted octanol–water partition coefficient (Wildman–Crippen LogP) is 1.35. The minimum Gasteiger partial charge on any atom is -0.467 e. The number of amides is 1. The monoisotopic (exact) mass is 273 g/mol. The van der Waals surface area contributed by atoms with Crippen LogP contribution in [0.2, 0.25) is 0 Å². The van der Waals surface area contributed by atoms with Crippen LogP contribution in [0.15, 0.2) is 39.7 Å². The molecule has 0 bridgehead atoms. The smallest absolute Gasteiger partial charge is 0.274 e. The van der Waals surface area contributed by atoms with Gasteiger partial charge in [-0.05, 0) is 31.0 Å². The van der Waals surface area contributed by atoms with Crippen molar-refractivity contribution in [3.05, 3.63) is 52.3 Å². The third-order valence-electron chi connectivity index (χ3n) is 3.56. The van der Waals surface area contributed by atoms with Crippen LogP contribution < -0.4 is 5.56 Å². The van der Waals surface area contributed by atoms with Crippen molar-refractivity contribution in [2.24, 2.45) is 7.05 Å². The van der Waals surface area contributed by atoms with Gasteiger partial charge in [0.1, 0.15) is 11.5 Å². The van der Waals surface area contributed by atoms with E-state index in [0.29, 0.717) is 6.54 Å². The number of aryl methyl sites for hydroxylation is 1. The summed E-state index contributed by atoms with van der Waals surface area (Å²) in [7, 11) is 1.53. The number of hydrogen-bond acceptors (Lipinski definition) is 4. The number of furan rings is 1. The van der Waals surface area contributed by atoms with Crippen LogP contribution >= 0.6 is 0 Å². The largest absolute Gasteiger partial charge is 0.467 e. The molecule has 104 valence electrons. The molecule has 3 rings (SSSR count). The van der Waals surface area contributed by atoms with Crippen LogP contribution in [-0.2, 0) is 7.05 Å². The second-order valence-electron chi connectivity index (χ2n) is 4.85. The Bertz CT molecular complexity index is 675. The van der Waals surface area contributed by atoms with Crippen molar-refractivity contribution in [1.29, 1.82) is 0 Å². The van der Waals surface area contributed by atoms with Crippen LogP contribution in [0.4, 0.5) is 0 Å². The lowest BCUT2D eigenvalue weighted by molar-refractivity contribution is 0.0711. The summed E-state index contributed by atoms with van der Waals surface area (Å²) in [6.45, 7) is 0.675. The molecule has 2 aromatic heterocycles. The lowest BCUT2D eigenvalue weighted by atomic mass is 10.1. The van der Waals surface area contributed by atoms with E-state index in [4.69, 9.17) is 4.42 Å². The van der Waals surface area contributed by atoms with Gasteiger partial charge in [0.25, 0.3) is 11.5 Å². The summed E-state index contributed by atoms with van der Waals surface area (Å²) in [6, 6.07) is 6.49. The van der Waals surface area contributed by atoms with Crippen molar-refractivity contribution in [2.45, 2.75) is 18.9 Å². The highest BCUT2D eigenvalue weighted by Crippen LogP contribution is 2.32. The maximum Gasteiger partial charge on any atom is 0.274 e. The van der Waals surface area contributed by atoms with Gasteiger partial charge in [0, 0.05) is 19.7 Å². The first-order chi connectivity index (χ1) is 9.66. The molecule has 1 unspecified atom stereocenters. The van der Waals surface area contributed by atoms with Gasteiger partial charge >= 0.3 is 0 Å². The fraction of sp³-hybridized carbons (Fsp3) is 0.357. The molecular formula is C14H15N3O3. The molecule has 1 amide bonds. The first kappa shape index (κ1) is 12.7. The summed E-state index contributed by atoms with van der Waals surface area (Å²) in [6.07, 6.45) is 3.43. The number of carbonyl (C=O) groups is 1. The Hall–Kier alpha value is -2.37. The highest BCUT2D eigenvalue weighted by Gasteiger charge is 2.33. The molecular weight excluding hydrogens is 258 g/mol. The summed E-state index contributed by atoms with van der Waals surface area (Å²) in [5.74, 6) is 0.625. The highest BCUT2D eigenvalue weighted by atomic mass is 16.3. The first-order valence-corrected chi connectivity index (χ1v) is 6.55. The van der Waals surface area contributed by atoms with E-state index >= 15 is 0 Å². The van der Waals surface area contributed by atoms with Crippen molar-refractivity contribution >= 4 is 5.91 Å². The Morgan fingerprint density at radius 2 is 2.25 bits per heavy atom. The summed E-state index contributed by atoms with van der Waals surface area (Å²) >= 11 is 0. The van der Waals surface area contributed by atoms with E-state index in [-0.39, 0.29) is 23.2 Å². The quantitative estimate of drug-likeness (QED) is 0.828. The molecule has 0 spiro atoms. The minimum absolute atomic E-state index is 0.0449. The Balaban J connectivity index is 1.89. The fourth-order valence-electron chi connectivity index (χ4n) is 2.55. The summed E-state index contributed by atoms with van der Waals surface area (Å²) < 4.78 is 6.58. The van der Waals surface area contributed by atoms with Crippen molar-refractivity contribution < 1.29 is 9.21 Å². The van der Waals surface area contributed by atoms with Gasteiger partial charge < -0.3 is 9.32 Å². The van der Waals surface area contributed by atoms with Crippen LogP contribution in [0.5, 0.6) is 0 Å². The molecule has 3 heterocycles. The molecule has 0 saturated carbocycles. The van der Waals surface area contributed by atoms with Gasteiger partial charge in [0.05, 0.1) is 12.3 Å². The van der Waals surface area contributed by atoms with E-state index in [1.807, 2.05) is 12.1 Å². The molecule has 6 nitrogen and oxygen atoms in total. The highest BCUT2D eigenvalue weighted by molar-refractivity contribution is 5.92. The maximum atomic E-state index is 12.5. The summed E-state index contributed by atoms with van der Waals surface area (Å²) in [5.41, 5.74) is 0.0520. The van der Waals surface area contributed by atoms with E-state index in [9.17, 15) is 9.59 Å². The van der Waals surface area contributed by atoms with Gasteiger partial charge in [0.15, 0.2) is 0 Å². The molecule has 1 aliphatic rings. The Morgan fingerprint density at radius 3 is 2.95 bits per heavy atom. The van der Waals surface area contributed by atoms with Gasteiger partial charge in [0.2, 0.25) is 0 Å². The van der Waals surface area contributed by atoms with Gasteiger partial charge in [-0.2, -0.15) is 5.10 Å². The van der Waals surface area contributed by atoms with E-state index in [0.717, 1.165) is 18.6 Å². The van der Waals surface area contributed by atoms with Crippen LogP contribution in [0.1, 0.15) is 35.1 Å². The second-order valence-corrected chi connectivity index (χ2v) is 4.85. The van der Waals surface area contributed by atoms with Crippen LogP contribution in [-0.4, -0.2) is 27.1 Å². The van der Waals surface area contributed by atoms with E-state index in [1.165, 1.54) is 23.9 Å². The molecule has 6 heteroatoms. The second kappa shape index (κ2) is 4.96. The summed E-state index contributed by atoms with van der Waals surface area (Å²) in [4.78, 5) is 25.6. The van der Waals surface area contributed by atoms with E-state index < -0.39 is 0 Å². The van der Waals surface area contributed by atoms with Crippen LogP contribution in [0.25, 0.3) is 0 Å². The topological polar surface area (TPSA) is 68.3 Å². The molecule has 0 aliphatic carbocycles. The Kier molecular flexibility index (Phi) is 3.14. The van der Waals surface area contributed by atoms with E-state index in [2.05, 4.69) is 5.10 Å². The maximum absolute atomic E-state index is 12.5. The van der Waals surface area contributed by atoms with Gasteiger partial charge in [-0.25, -0.2) is 4.68 Å². The molecule has 1 saturated heterocycles. The molecule has 0 aromatic carbocycles. The van der Waals surface area contributed by atoms with Crippen LogP contribution in [0, 0.1) is 0 Å². The first-order valence-electron chi connectivity index (χ1n) is 6.55. The van der Waals surface area contributed by atoms with Crippen molar-refractivity contribution in [2.75, 3.05) is 6.54 Å². The van der Waals surface area contributed by atoms with E-state index in [1.54, 1.807) is 11.2 Å². The predicted molar refractivity (Wildman–Crippen MR) is 71.2 cm³/mol. The third kappa shape index (κ3) is 2.13. The summed E-state index contributed by atoms with van der Waals surface area (Å²) in [5, 5.41) is 4.02. The zero-order chi connectivity index (χ0) is 14.1. The molecule has 1 aliphatic heterocycles. The average molecular weight is 273 g/mol. The van der Waals surface area contributed by atoms with Gasteiger partial charge in [-0.3, -0.25) is 9.59 Å². The van der Waals surface area contributed by atoms with Crippen LogP contribution in [0.3, 0.4) is 0 Å². The average Bonchev–Trinajstić information content (AvgIpc) is 3.10. The number of rotatable bonds is 2. The molecule has 2 aromatic rings. The standard InChI is InChI=1S/C14H15N3O3/c1-16-13(18)7-6-10(15-16)14(19)17-8-2-4-11(17)12-5-3-9-20-12/h3,5-7,9,11H,2,4,8H2,1H3. The van der Waals surface area contributed by atoms with Gasteiger partial charge in [-0.1, -0.05) is 0 Å². The number of hydrogen-bond donors (Lipinski definition) is 0. The fourth-order valence-corrected chi connectivity index (χ4v) is 2.55. The van der Waals surface area contributed by atoms with Crippen molar-refractivity contribution in [1.82, 2.24) is 14.7 Å². The molecule has 1 fully saturated rings. The molecule has 0 radical (unpaired) electrons. The minimum atomic E-state index is -0.231. The van der Waals surface area contributed by atoms with Crippen molar-refractivity contribution in [3.63, 3.8) is 0 Å². The number of carbonyl (C=O) groups excluding carboxylic acids is 1. The number of aromatic nitrogens is 2. The lowest BCUT2D eigenvalue weighted by Crippen LogP contribution is -2.33. The zero-order valence-electron chi connectivity index (χ0n) is 11.2. The van der Waals surface area contributed by atoms with Crippen molar-refractivity contribution in [3.8, 4) is 0 Å². The zero-order valence-corrected chi connectivity index (χ0v) is 11.2. The van der Waals surface area contributed by atoms with Gasteiger partial charge in [-0.15, -0.1) is 0 Å². The Labute approximate surface area is 115 Å². The third-order valence-corrected chi connectivity index (χ3v) is 3.56. The lowest BCUT2D eigenvalue weighted by Gasteiger charge is -2.22. The molecule has 1 atom stereocenters. The normalized spacial score (nSPS) is 18.4. The Morgan fingerprint density at radius 1 is 1.40 bits per heavy atom. The molecule has 0 N–H and O–H groups in total. The molecule has 20 heavy (non-hydrogen) atoms. The number of nitrogens with zero attached hydrogens (tertiary/aromatic N) is 3. The number of likely N-dealkylation sites (tertiary alicyclic amines) is 1.